The van der Waals surface area contributed by atoms with Crippen LogP contribution in [0.2, 0.25) is 0 Å². The van der Waals surface area contributed by atoms with Gasteiger partial charge >= 0.3 is 0 Å². The van der Waals surface area contributed by atoms with Gasteiger partial charge in [0.05, 0.1) is 5.60 Å². The molecule has 0 spiro atoms. The summed E-state index contributed by atoms with van der Waals surface area (Å²) in [5, 5.41) is 10.2. The maximum Gasteiger partial charge on any atom is 0.0768 e. The number of nitrogens with zero attached hydrogens (tertiary/aromatic N) is 1. The molecule has 0 aromatic heterocycles. The van der Waals surface area contributed by atoms with Crippen LogP contribution < -0.4 is 0 Å². The SMILES string of the molecule is CC(C)C(C)(O)CN(C)CC1CCCC1. The lowest BCUT2D eigenvalue weighted by atomic mass is 9.92. The largest absolute Gasteiger partial charge is 0.389 e. The van der Waals surface area contributed by atoms with Gasteiger partial charge in [0.15, 0.2) is 0 Å². The lowest BCUT2D eigenvalue weighted by Gasteiger charge is -2.33. The maximum atomic E-state index is 10.2. The molecule has 0 saturated heterocycles. The monoisotopic (exact) mass is 213 g/mol. The Morgan fingerprint density at radius 3 is 2.33 bits per heavy atom. The van der Waals surface area contributed by atoms with E-state index in [2.05, 4.69) is 25.8 Å². The van der Waals surface area contributed by atoms with Crippen molar-refractivity contribution in [2.45, 2.75) is 52.1 Å². The molecule has 2 heteroatoms. The van der Waals surface area contributed by atoms with Crippen LogP contribution in [0.5, 0.6) is 0 Å². The van der Waals surface area contributed by atoms with Crippen molar-refractivity contribution in [1.82, 2.24) is 4.90 Å². The molecule has 1 rings (SSSR count). The average Bonchev–Trinajstić information content (AvgIpc) is 2.54. The van der Waals surface area contributed by atoms with Crippen molar-refractivity contribution in [3.63, 3.8) is 0 Å². The summed E-state index contributed by atoms with van der Waals surface area (Å²) in [6.07, 6.45) is 5.57. The number of aliphatic hydroxyl groups is 1. The summed E-state index contributed by atoms with van der Waals surface area (Å²) >= 11 is 0. The average molecular weight is 213 g/mol. The van der Waals surface area contributed by atoms with Crippen LogP contribution in [0.15, 0.2) is 0 Å². The highest BCUT2D eigenvalue weighted by Gasteiger charge is 2.27. The number of rotatable bonds is 5. The summed E-state index contributed by atoms with van der Waals surface area (Å²) in [4.78, 5) is 2.30. The van der Waals surface area contributed by atoms with Gasteiger partial charge in [0.25, 0.3) is 0 Å². The molecule has 0 heterocycles. The van der Waals surface area contributed by atoms with Crippen molar-refractivity contribution in [3.8, 4) is 0 Å². The van der Waals surface area contributed by atoms with Gasteiger partial charge in [0, 0.05) is 13.1 Å². The number of hydrogen-bond acceptors (Lipinski definition) is 2. The first-order chi connectivity index (χ1) is 6.92. The molecule has 1 aliphatic rings. The molecule has 1 aliphatic carbocycles. The van der Waals surface area contributed by atoms with Crippen molar-refractivity contribution in [2.24, 2.45) is 11.8 Å². The highest BCUT2D eigenvalue weighted by molar-refractivity contribution is 4.81. The van der Waals surface area contributed by atoms with Gasteiger partial charge < -0.3 is 10.0 Å². The minimum absolute atomic E-state index is 0.323. The van der Waals surface area contributed by atoms with Crippen LogP contribution in [-0.4, -0.2) is 35.7 Å². The Morgan fingerprint density at radius 1 is 1.33 bits per heavy atom. The zero-order valence-corrected chi connectivity index (χ0v) is 10.8. The van der Waals surface area contributed by atoms with Crippen LogP contribution >= 0.6 is 0 Å². The molecule has 15 heavy (non-hydrogen) atoms. The molecule has 1 fully saturated rings. The fraction of sp³-hybridized carbons (Fsp3) is 1.00. The Balaban J connectivity index is 2.31. The van der Waals surface area contributed by atoms with E-state index in [0.717, 1.165) is 19.0 Å². The Kier molecular flexibility index (Phi) is 4.60. The summed E-state index contributed by atoms with van der Waals surface area (Å²) in [6.45, 7) is 8.07. The third-order valence-electron chi connectivity index (χ3n) is 3.88. The van der Waals surface area contributed by atoms with E-state index in [-0.39, 0.29) is 0 Å². The molecule has 0 aliphatic heterocycles. The Labute approximate surface area is 94.7 Å². The molecule has 2 nitrogen and oxygen atoms in total. The zero-order valence-electron chi connectivity index (χ0n) is 10.8. The van der Waals surface area contributed by atoms with E-state index in [4.69, 9.17) is 0 Å². The third-order valence-corrected chi connectivity index (χ3v) is 3.88. The molecule has 0 amide bonds. The van der Waals surface area contributed by atoms with E-state index >= 15 is 0 Å². The Morgan fingerprint density at radius 2 is 1.87 bits per heavy atom. The molecule has 0 aromatic carbocycles. The molecule has 0 aromatic rings. The fourth-order valence-corrected chi connectivity index (χ4v) is 2.43. The Hall–Kier alpha value is -0.0800. The van der Waals surface area contributed by atoms with Gasteiger partial charge in [-0.3, -0.25) is 0 Å². The second-order valence-corrected chi connectivity index (χ2v) is 5.86. The molecule has 1 saturated carbocycles. The summed E-state index contributed by atoms with van der Waals surface area (Å²) < 4.78 is 0. The highest BCUT2D eigenvalue weighted by atomic mass is 16.3. The molecule has 1 atom stereocenters. The zero-order chi connectivity index (χ0) is 11.5. The van der Waals surface area contributed by atoms with Gasteiger partial charge in [-0.1, -0.05) is 26.7 Å². The van der Waals surface area contributed by atoms with E-state index in [1.165, 1.54) is 25.7 Å². The van der Waals surface area contributed by atoms with Crippen molar-refractivity contribution < 1.29 is 5.11 Å². The van der Waals surface area contributed by atoms with E-state index in [1.54, 1.807) is 0 Å². The van der Waals surface area contributed by atoms with Crippen LogP contribution in [0.25, 0.3) is 0 Å². The van der Waals surface area contributed by atoms with Crippen LogP contribution in [0.4, 0.5) is 0 Å². The molecule has 0 bridgehead atoms. The molecular formula is C13H27NO. The van der Waals surface area contributed by atoms with Crippen molar-refractivity contribution in [1.29, 1.82) is 0 Å². The van der Waals surface area contributed by atoms with Gasteiger partial charge in [-0.2, -0.15) is 0 Å². The Bertz CT molecular complexity index is 183. The van der Waals surface area contributed by atoms with E-state index in [9.17, 15) is 5.11 Å². The normalized spacial score (nSPS) is 22.6. The molecule has 90 valence electrons. The van der Waals surface area contributed by atoms with Crippen LogP contribution in [-0.2, 0) is 0 Å². The minimum Gasteiger partial charge on any atom is -0.389 e. The summed E-state index contributed by atoms with van der Waals surface area (Å²) in [7, 11) is 2.13. The van der Waals surface area contributed by atoms with E-state index in [1.807, 2.05) is 6.92 Å². The van der Waals surface area contributed by atoms with E-state index in [0.29, 0.717) is 5.92 Å². The first-order valence-electron chi connectivity index (χ1n) is 6.32. The smallest absolute Gasteiger partial charge is 0.0768 e. The van der Waals surface area contributed by atoms with Crippen LogP contribution in [0.3, 0.4) is 0 Å². The van der Waals surface area contributed by atoms with Gasteiger partial charge in [-0.15, -0.1) is 0 Å². The number of likely N-dealkylation sites (N-methyl/N-ethyl adjacent to an activating group) is 1. The van der Waals surface area contributed by atoms with Crippen molar-refractivity contribution in [3.05, 3.63) is 0 Å². The predicted molar refractivity (Wildman–Crippen MR) is 64.9 cm³/mol. The molecule has 0 radical (unpaired) electrons. The van der Waals surface area contributed by atoms with Gasteiger partial charge in [-0.05, 0) is 38.6 Å². The summed E-state index contributed by atoms with van der Waals surface area (Å²) in [5.41, 5.74) is -0.548. The second kappa shape index (κ2) is 5.31. The third kappa shape index (κ3) is 4.12. The highest BCUT2D eigenvalue weighted by Crippen LogP contribution is 2.26. The first-order valence-corrected chi connectivity index (χ1v) is 6.32. The lowest BCUT2D eigenvalue weighted by Crippen LogP contribution is -2.44. The molecular weight excluding hydrogens is 186 g/mol. The van der Waals surface area contributed by atoms with Crippen molar-refractivity contribution >= 4 is 0 Å². The maximum absolute atomic E-state index is 10.2. The topological polar surface area (TPSA) is 23.5 Å². The first kappa shape index (κ1) is 13.0. The standard InChI is InChI=1S/C13H27NO/c1-11(2)13(3,15)10-14(4)9-12-7-5-6-8-12/h11-12,15H,5-10H2,1-4H3. The van der Waals surface area contributed by atoms with Gasteiger partial charge in [0.1, 0.15) is 0 Å². The predicted octanol–water partition coefficient (Wildman–Crippen LogP) is 2.52. The second-order valence-electron chi connectivity index (χ2n) is 5.86. The molecule has 1 N–H and O–H groups in total. The fourth-order valence-electron chi connectivity index (χ4n) is 2.43. The van der Waals surface area contributed by atoms with Crippen LogP contribution in [0.1, 0.15) is 46.5 Å². The number of hydrogen-bond donors (Lipinski definition) is 1. The minimum atomic E-state index is -0.548. The summed E-state index contributed by atoms with van der Waals surface area (Å²) in [6, 6.07) is 0. The summed E-state index contributed by atoms with van der Waals surface area (Å²) in [5.74, 6) is 1.20. The lowest BCUT2D eigenvalue weighted by molar-refractivity contribution is -0.0155. The van der Waals surface area contributed by atoms with Gasteiger partial charge in [0.2, 0.25) is 0 Å². The quantitative estimate of drug-likeness (QED) is 0.758. The van der Waals surface area contributed by atoms with Crippen LogP contribution in [0, 0.1) is 11.8 Å². The van der Waals surface area contributed by atoms with E-state index < -0.39 is 5.60 Å². The molecule has 1 unspecified atom stereocenters. The van der Waals surface area contributed by atoms with Gasteiger partial charge in [-0.25, -0.2) is 0 Å². The van der Waals surface area contributed by atoms with Crippen molar-refractivity contribution in [2.75, 3.05) is 20.1 Å².